The smallest absolute Gasteiger partial charge is 0.0361 e. The van der Waals surface area contributed by atoms with Crippen molar-refractivity contribution in [2.45, 2.75) is 52.4 Å². The van der Waals surface area contributed by atoms with Crippen molar-refractivity contribution in [2.75, 3.05) is 0 Å². The zero-order chi connectivity index (χ0) is 35.3. The van der Waals surface area contributed by atoms with Crippen LogP contribution < -0.4 is 0 Å². The van der Waals surface area contributed by atoms with Crippen LogP contribution in [0.25, 0.3) is 84.9 Å². The lowest BCUT2D eigenvalue weighted by molar-refractivity contribution is 0.601. The van der Waals surface area contributed by atoms with E-state index < -0.39 is 0 Å². The Morgan fingerprint density at radius 1 is 0.385 bits per heavy atom. The van der Waals surface area contributed by atoms with Crippen LogP contribution in [0.5, 0.6) is 0 Å². The molecule has 0 saturated carbocycles. The van der Waals surface area contributed by atoms with Gasteiger partial charge in [0.05, 0.1) is 0 Å². The number of rotatable bonds is 2. The Morgan fingerprint density at radius 3 is 1.23 bits per heavy atom. The van der Waals surface area contributed by atoms with Crippen LogP contribution in [0.2, 0.25) is 0 Å². The van der Waals surface area contributed by atoms with Crippen LogP contribution >= 0.6 is 22.7 Å². The molecule has 2 heterocycles. The first-order valence-corrected chi connectivity index (χ1v) is 20.1. The summed E-state index contributed by atoms with van der Waals surface area (Å²) in [4.78, 5) is 0. The van der Waals surface area contributed by atoms with Gasteiger partial charge in [-0.05, 0) is 128 Å². The Bertz CT molecular complexity index is 2830. The molecule has 9 aromatic rings. The largest absolute Gasteiger partial charge is 0.135 e. The normalized spacial score (nSPS) is 15.0. The molecule has 0 amide bonds. The summed E-state index contributed by atoms with van der Waals surface area (Å²) >= 11 is 3.80. The molecule has 0 spiro atoms. The van der Waals surface area contributed by atoms with Crippen LogP contribution in [0.1, 0.15) is 61.1 Å². The highest BCUT2D eigenvalue weighted by Gasteiger charge is 2.46. The van der Waals surface area contributed by atoms with E-state index in [0.29, 0.717) is 0 Å². The van der Waals surface area contributed by atoms with Crippen molar-refractivity contribution < 1.29 is 0 Å². The second-order valence-corrected chi connectivity index (χ2v) is 18.4. The van der Waals surface area contributed by atoms with Gasteiger partial charge in [0, 0.05) is 51.2 Å². The minimum Gasteiger partial charge on any atom is -0.135 e. The molecule has 2 aliphatic carbocycles. The average molecular weight is 703 g/mol. The van der Waals surface area contributed by atoms with Gasteiger partial charge in [0.1, 0.15) is 0 Å². The van der Waals surface area contributed by atoms with E-state index in [0.717, 1.165) is 0 Å². The van der Waals surface area contributed by atoms with E-state index >= 15 is 0 Å². The summed E-state index contributed by atoms with van der Waals surface area (Å²) in [5.74, 6) is 0. The molecule has 0 bridgehead atoms. The van der Waals surface area contributed by atoms with Gasteiger partial charge in [-0.2, -0.15) is 0 Å². The van der Waals surface area contributed by atoms with Crippen molar-refractivity contribution in [1.82, 2.24) is 0 Å². The Morgan fingerprint density at radius 2 is 0.788 bits per heavy atom. The molecule has 2 aromatic heterocycles. The maximum absolute atomic E-state index is 2.51. The third kappa shape index (κ3) is 3.97. The summed E-state index contributed by atoms with van der Waals surface area (Å²) in [6, 6.07) is 46.4. The van der Waals surface area contributed by atoms with Gasteiger partial charge < -0.3 is 0 Å². The predicted octanol–water partition coefficient (Wildman–Crippen LogP) is 15.0. The summed E-state index contributed by atoms with van der Waals surface area (Å²) in [6.07, 6.45) is 0. The van der Waals surface area contributed by atoms with Crippen LogP contribution in [0, 0.1) is 13.8 Å². The first-order chi connectivity index (χ1) is 25.1. The van der Waals surface area contributed by atoms with Crippen LogP contribution in [0.3, 0.4) is 0 Å². The molecule has 0 radical (unpaired) electrons. The van der Waals surface area contributed by atoms with Crippen molar-refractivity contribution >= 4 is 63.0 Å². The molecule has 7 aromatic carbocycles. The molecule has 0 unspecified atom stereocenters. The van der Waals surface area contributed by atoms with E-state index in [1.807, 2.05) is 22.7 Å². The maximum atomic E-state index is 2.51. The van der Waals surface area contributed by atoms with Crippen molar-refractivity contribution in [2.24, 2.45) is 0 Å². The quantitative estimate of drug-likeness (QED) is 0.168. The molecule has 2 aliphatic rings. The number of hydrogen-bond donors (Lipinski definition) is 0. The number of thiophene rings is 2. The van der Waals surface area contributed by atoms with Gasteiger partial charge in [-0.25, -0.2) is 0 Å². The number of hydrogen-bond acceptors (Lipinski definition) is 2. The first-order valence-electron chi connectivity index (χ1n) is 18.4. The fraction of sp³-hybridized carbons (Fsp3) is 0.160. The van der Waals surface area contributed by atoms with Gasteiger partial charge in [0.25, 0.3) is 0 Å². The summed E-state index contributed by atoms with van der Waals surface area (Å²) < 4.78 is 5.42. The second-order valence-electron chi connectivity index (χ2n) is 16.2. The number of fused-ring (bicyclic) bond motifs is 13. The van der Waals surface area contributed by atoms with E-state index in [2.05, 4.69) is 163 Å². The molecule has 0 atom stereocenters. The summed E-state index contributed by atoms with van der Waals surface area (Å²) in [7, 11) is 0. The number of aryl methyl sites for hydroxylation is 2. The summed E-state index contributed by atoms with van der Waals surface area (Å²) in [5.41, 5.74) is 19.3. The second kappa shape index (κ2) is 10.3. The zero-order valence-electron chi connectivity index (χ0n) is 30.4. The Balaban J connectivity index is 1.04. The molecule has 0 aliphatic heterocycles. The van der Waals surface area contributed by atoms with Crippen LogP contribution in [-0.4, -0.2) is 0 Å². The van der Waals surface area contributed by atoms with Crippen molar-refractivity contribution in [1.29, 1.82) is 0 Å². The molecular weight excluding hydrogens is 665 g/mol. The minimum atomic E-state index is -0.138. The molecule has 250 valence electrons. The predicted molar refractivity (Wildman–Crippen MR) is 228 cm³/mol. The summed E-state index contributed by atoms with van der Waals surface area (Å²) in [6.45, 7) is 14.5. The van der Waals surface area contributed by atoms with Crippen LogP contribution in [0.15, 0.2) is 121 Å². The highest BCUT2D eigenvalue weighted by atomic mass is 32.1. The van der Waals surface area contributed by atoms with Gasteiger partial charge in [0.15, 0.2) is 0 Å². The van der Waals surface area contributed by atoms with Crippen LogP contribution in [0.4, 0.5) is 0 Å². The van der Waals surface area contributed by atoms with E-state index in [1.165, 1.54) is 118 Å². The molecule has 0 N–H and O–H groups in total. The zero-order valence-corrected chi connectivity index (χ0v) is 32.0. The van der Waals surface area contributed by atoms with Crippen LogP contribution in [-0.2, 0) is 10.8 Å². The Kier molecular flexibility index (Phi) is 6.07. The lowest BCUT2D eigenvalue weighted by Crippen LogP contribution is -2.24. The molecule has 0 saturated heterocycles. The van der Waals surface area contributed by atoms with Gasteiger partial charge in [0.2, 0.25) is 0 Å². The third-order valence-corrected chi connectivity index (χ3v) is 14.7. The van der Waals surface area contributed by atoms with E-state index in [9.17, 15) is 0 Å². The Labute approximate surface area is 313 Å². The van der Waals surface area contributed by atoms with Gasteiger partial charge >= 0.3 is 0 Å². The highest BCUT2D eigenvalue weighted by molar-refractivity contribution is 7.26. The molecule has 11 rings (SSSR count). The van der Waals surface area contributed by atoms with Crippen molar-refractivity contribution in [3.8, 4) is 44.5 Å². The van der Waals surface area contributed by atoms with Crippen molar-refractivity contribution in [3.05, 3.63) is 155 Å². The van der Waals surface area contributed by atoms with Gasteiger partial charge in [-0.3, -0.25) is 0 Å². The van der Waals surface area contributed by atoms with Crippen molar-refractivity contribution in [3.63, 3.8) is 0 Å². The molecular formula is C50H38S2. The molecule has 0 fully saturated rings. The third-order valence-electron chi connectivity index (χ3n) is 12.4. The fourth-order valence-electron chi connectivity index (χ4n) is 10.0. The van der Waals surface area contributed by atoms with E-state index in [-0.39, 0.29) is 10.8 Å². The highest BCUT2D eigenvalue weighted by Crippen LogP contribution is 2.61. The maximum Gasteiger partial charge on any atom is 0.0361 e. The number of benzene rings is 7. The SMILES string of the molecule is Cc1cc(-c2ccc3c(c2)sc2ccccc23)cc2c1-c1ccc3c(c1C2(C)C)C(C)(C)c1cc(-c2ccc4c(c2)sc2ccccc24)cc(C)c1-3. The van der Waals surface area contributed by atoms with Gasteiger partial charge in [-0.15, -0.1) is 22.7 Å². The molecule has 0 nitrogen and oxygen atoms in total. The van der Waals surface area contributed by atoms with Gasteiger partial charge in [-0.1, -0.05) is 113 Å². The lowest BCUT2D eigenvalue weighted by Gasteiger charge is -2.31. The topological polar surface area (TPSA) is 0 Å². The minimum absolute atomic E-state index is 0.138. The first kappa shape index (κ1) is 30.6. The average Bonchev–Trinajstić information content (AvgIpc) is 3.83. The monoisotopic (exact) mass is 702 g/mol. The van der Waals surface area contributed by atoms with E-state index in [4.69, 9.17) is 0 Å². The molecule has 52 heavy (non-hydrogen) atoms. The molecule has 2 heteroatoms. The lowest BCUT2D eigenvalue weighted by atomic mass is 9.72. The standard InChI is InChI=1S/C50H38S2/c1-27-21-31(29-15-17-35-33-11-7-9-13-41(33)51-43(35)25-29)23-39-45(27)37-19-20-38-46-28(2)22-32(24-40(46)50(5,6)48(38)47(37)49(39,3)4)30-16-18-36-34-12-8-10-14-42(34)52-44(36)26-30/h7-26H,1-6H3. The Hall–Kier alpha value is -5.02. The van der Waals surface area contributed by atoms with E-state index in [1.54, 1.807) is 0 Å². The summed E-state index contributed by atoms with van der Waals surface area (Å²) in [5, 5.41) is 5.42. The fourth-order valence-corrected chi connectivity index (χ4v) is 12.3.